The SMILES string of the molecule is O=C(O)C(F)(F)F.c1ccc2nc(CNc3nc4c(N5CCOCC5)ccnn4c3-c3ccc(N4CCNCC4)nc3)ccc2c1. The molecule has 7 rings (SSSR count). The van der Waals surface area contributed by atoms with Gasteiger partial charge in [-0.3, -0.25) is 4.98 Å². The first-order valence-electron chi connectivity index (χ1n) is 14.8. The number of pyridine rings is 2. The molecule has 6 heterocycles. The molecule has 5 aromatic rings. The molecule has 0 aliphatic carbocycles. The van der Waals surface area contributed by atoms with E-state index in [9.17, 15) is 13.2 Å². The summed E-state index contributed by atoms with van der Waals surface area (Å²) in [4.78, 5) is 28.3. The molecule has 0 bridgehead atoms. The molecule has 0 atom stereocenters. The van der Waals surface area contributed by atoms with Gasteiger partial charge in [0, 0.05) is 56.4 Å². The molecule has 2 aliphatic rings. The van der Waals surface area contributed by atoms with E-state index < -0.39 is 12.1 Å². The lowest BCUT2D eigenvalue weighted by molar-refractivity contribution is -0.192. The normalized spacial score (nSPS) is 15.5. The van der Waals surface area contributed by atoms with Crippen molar-refractivity contribution in [1.82, 2.24) is 29.9 Å². The summed E-state index contributed by atoms with van der Waals surface area (Å²) in [6.07, 6.45) is -1.30. The van der Waals surface area contributed by atoms with Gasteiger partial charge in [0.25, 0.3) is 0 Å². The van der Waals surface area contributed by atoms with E-state index in [4.69, 9.17) is 34.7 Å². The molecule has 0 amide bonds. The second-order valence-corrected chi connectivity index (χ2v) is 10.7. The minimum Gasteiger partial charge on any atom is -0.475 e. The molecular weight excluding hydrogens is 603 g/mol. The third-order valence-electron chi connectivity index (χ3n) is 7.65. The highest BCUT2D eigenvalue weighted by atomic mass is 19.4. The van der Waals surface area contributed by atoms with Crippen LogP contribution < -0.4 is 20.4 Å². The van der Waals surface area contributed by atoms with Gasteiger partial charge in [0.2, 0.25) is 0 Å². The molecule has 0 radical (unpaired) electrons. The minimum atomic E-state index is -5.08. The van der Waals surface area contributed by atoms with Gasteiger partial charge in [0.15, 0.2) is 11.5 Å². The van der Waals surface area contributed by atoms with Crippen molar-refractivity contribution in [2.75, 3.05) is 67.6 Å². The topological polar surface area (TPSA) is 133 Å². The Labute approximate surface area is 261 Å². The van der Waals surface area contributed by atoms with Gasteiger partial charge in [0.05, 0.1) is 42.9 Å². The fraction of sp³-hybridized carbons (Fsp3) is 0.323. The van der Waals surface area contributed by atoms with Gasteiger partial charge in [-0.2, -0.15) is 18.3 Å². The van der Waals surface area contributed by atoms with Crippen molar-refractivity contribution >= 4 is 39.8 Å². The number of alkyl halides is 3. The number of para-hydroxylation sites is 1. The van der Waals surface area contributed by atoms with Gasteiger partial charge >= 0.3 is 12.1 Å². The summed E-state index contributed by atoms with van der Waals surface area (Å²) in [6.45, 7) is 7.47. The van der Waals surface area contributed by atoms with Gasteiger partial charge in [-0.25, -0.2) is 19.3 Å². The summed E-state index contributed by atoms with van der Waals surface area (Å²) >= 11 is 0. The zero-order valence-corrected chi connectivity index (χ0v) is 24.7. The Balaban J connectivity index is 0.000000480. The number of aromatic nitrogens is 5. The van der Waals surface area contributed by atoms with E-state index in [1.54, 1.807) is 0 Å². The van der Waals surface area contributed by atoms with Gasteiger partial charge in [-0.05, 0) is 30.3 Å². The Morgan fingerprint density at radius 3 is 2.43 bits per heavy atom. The maximum atomic E-state index is 10.6. The smallest absolute Gasteiger partial charge is 0.475 e. The number of piperazine rings is 1. The van der Waals surface area contributed by atoms with Crippen LogP contribution in [0.5, 0.6) is 0 Å². The Bertz CT molecular complexity index is 1800. The highest BCUT2D eigenvalue weighted by Crippen LogP contribution is 2.33. The predicted molar refractivity (Wildman–Crippen MR) is 167 cm³/mol. The Hall–Kier alpha value is -5.02. The highest BCUT2D eigenvalue weighted by molar-refractivity contribution is 5.82. The molecule has 240 valence electrons. The standard InChI is InChI=1S/C29H31N9O.C2HF3O2/c1-2-4-24-21(3-1)5-7-23(34-24)20-32-28-27(22-6-8-26(31-19-22)37-13-11-30-12-14-37)38-29(35-28)25(9-10-33-38)36-15-17-39-18-16-36;3-2(4,5)1(6)7/h1-10,19,30,32H,11-18,20H2;(H,6,7). The summed E-state index contributed by atoms with van der Waals surface area (Å²) in [5.74, 6) is -1.01. The molecular formula is C31H32F3N9O3. The monoisotopic (exact) mass is 635 g/mol. The first-order chi connectivity index (χ1) is 22.3. The molecule has 3 N–H and O–H groups in total. The van der Waals surface area contributed by atoms with Crippen molar-refractivity contribution in [2.45, 2.75) is 12.7 Å². The quantitative estimate of drug-likeness (QED) is 0.252. The van der Waals surface area contributed by atoms with Crippen LogP contribution in [0, 0.1) is 0 Å². The fourth-order valence-electron chi connectivity index (χ4n) is 5.36. The molecule has 2 saturated heterocycles. The van der Waals surface area contributed by atoms with Crippen molar-refractivity contribution in [3.63, 3.8) is 0 Å². The summed E-state index contributed by atoms with van der Waals surface area (Å²) in [7, 11) is 0. The summed E-state index contributed by atoms with van der Waals surface area (Å²) < 4.78 is 39.3. The Morgan fingerprint density at radius 2 is 1.72 bits per heavy atom. The number of nitrogens with one attached hydrogen (secondary N) is 2. The van der Waals surface area contributed by atoms with Crippen molar-refractivity contribution in [1.29, 1.82) is 0 Å². The van der Waals surface area contributed by atoms with E-state index in [0.29, 0.717) is 19.8 Å². The van der Waals surface area contributed by atoms with E-state index in [1.165, 1.54) is 0 Å². The van der Waals surface area contributed by atoms with Gasteiger partial charge in [0.1, 0.15) is 11.5 Å². The Morgan fingerprint density at radius 1 is 0.957 bits per heavy atom. The number of fused-ring (bicyclic) bond motifs is 2. The summed E-state index contributed by atoms with van der Waals surface area (Å²) in [6, 6.07) is 18.6. The van der Waals surface area contributed by atoms with Gasteiger partial charge in [-0.15, -0.1) is 0 Å². The first kappa shape index (κ1) is 31.0. The van der Waals surface area contributed by atoms with Crippen LogP contribution in [0.1, 0.15) is 5.69 Å². The third kappa shape index (κ3) is 6.94. The molecule has 15 heteroatoms. The van der Waals surface area contributed by atoms with Crippen LogP contribution in [-0.4, -0.2) is 94.3 Å². The van der Waals surface area contributed by atoms with E-state index in [-0.39, 0.29) is 0 Å². The number of nitrogens with zero attached hydrogens (tertiary/aromatic N) is 7. The van der Waals surface area contributed by atoms with Crippen LogP contribution in [0.3, 0.4) is 0 Å². The Kier molecular flexibility index (Phi) is 9.12. The molecule has 46 heavy (non-hydrogen) atoms. The number of ether oxygens (including phenoxy) is 1. The molecule has 4 aromatic heterocycles. The molecule has 0 saturated carbocycles. The van der Waals surface area contributed by atoms with Crippen molar-refractivity contribution in [2.24, 2.45) is 0 Å². The van der Waals surface area contributed by atoms with Crippen LogP contribution in [0.15, 0.2) is 67.0 Å². The van der Waals surface area contributed by atoms with Crippen LogP contribution in [0.25, 0.3) is 27.8 Å². The minimum absolute atomic E-state index is 0.543. The lowest BCUT2D eigenvalue weighted by Gasteiger charge is -2.28. The van der Waals surface area contributed by atoms with Gasteiger partial charge in [-0.1, -0.05) is 24.3 Å². The average Bonchev–Trinajstić information content (AvgIpc) is 3.46. The largest absolute Gasteiger partial charge is 0.490 e. The number of carbonyl (C=O) groups is 1. The zero-order valence-electron chi connectivity index (χ0n) is 24.7. The van der Waals surface area contributed by atoms with E-state index >= 15 is 0 Å². The lowest BCUT2D eigenvalue weighted by Crippen LogP contribution is -2.43. The lowest BCUT2D eigenvalue weighted by atomic mass is 10.2. The van der Waals surface area contributed by atoms with Crippen LogP contribution in [0.4, 0.5) is 30.5 Å². The maximum Gasteiger partial charge on any atom is 0.490 e. The van der Waals surface area contributed by atoms with Crippen LogP contribution in [0.2, 0.25) is 0 Å². The first-order valence-corrected chi connectivity index (χ1v) is 14.8. The third-order valence-corrected chi connectivity index (χ3v) is 7.65. The second kappa shape index (κ2) is 13.5. The number of rotatable bonds is 6. The molecule has 1 aromatic carbocycles. The molecule has 0 unspecified atom stereocenters. The fourth-order valence-corrected chi connectivity index (χ4v) is 5.36. The molecule has 2 aliphatic heterocycles. The number of carboxylic acid groups (broad SMARTS) is 1. The number of anilines is 3. The number of morpholine rings is 1. The summed E-state index contributed by atoms with van der Waals surface area (Å²) in [5, 5.41) is 20.0. The van der Waals surface area contributed by atoms with Crippen molar-refractivity contribution < 1.29 is 27.8 Å². The van der Waals surface area contributed by atoms with E-state index in [0.717, 1.165) is 90.1 Å². The predicted octanol–water partition coefficient (Wildman–Crippen LogP) is 3.83. The zero-order chi connectivity index (χ0) is 32.1. The van der Waals surface area contributed by atoms with E-state index in [2.05, 4.69) is 50.8 Å². The van der Waals surface area contributed by atoms with Crippen molar-refractivity contribution in [3.05, 3.63) is 72.7 Å². The number of aliphatic carboxylic acids is 1. The van der Waals surface area contributed by atoms with Crippen LogP contribution in [-0.2, 0) is 16.1 Å². The van der Waals surface area contributed by atoms with Crippen LogP contribution >= 0.6 is 0 Å². The number of hydrogen-bond acceptors (Lipinski definition) is 10. The highest BCUT2D eigenvalue weighted by Gasteiger charge is 2.38. The second-order valence-electron chi connectivity index (χ2n) is 10.7. The van der Waals surface area contributed by atoms with E-state index in [1.807, 2.05) is 41.2 Å². The number of hydrogen-bond donors (Lipinski definition) is 3. The van der Waals surface area contributed by atoms with Crippen molar-refractivity contribution in [3.8, 4) is 11.3 Å². The molecule has 12 nitrogen and oxygen atoms in total. The number of benzene rings is 1. The number of imidazole rings is 1. The summed E-state index contributed by atoms with van der Waals surface area (Å²) in [5.41, 5.74) is 5.65. The van der Waals surface area contributed by atoms with Gasteiger partial charge < -0.3 is 30.3 Å². The number of carboxylic acids is 1. The molecule has 2 fully saturated rings. The molecule has 0 spiro atoms. The number of halogens is 3. The average molecular weight is 636 g/mol. The maximum absolute atomic E-state index is 10.6.